The molecule has 0 bridgehead atoms. The Hall–Kier alpha value is -1.04. The molecule has 100 valence electrons. The summed E-state index contributed by atoms with van der Waals surface area (Å²) in [5.74, 6) is -0.949. The molecule has 0 aliphatic carbocycles. The summed E-state index contributed by atoms with van der Waals surface area (Å²) < 4.78 is 32.4. The minimum atomic E-state index is -0.574. The summed E-state index contributed by atoms with van der Waals surface area (Å²) in [4.78, 5) is 0. The van der Waals surface area contributed by atoms with Crippen LogP contribution >= 0.6 is 0 Å². The van der Waals surface area contributed by atoms with Gasteiger partial charge in [0.05, 0.1) is 6.61 Å². The molecular formula is C13H18F2N2O. The van der Waals surface area contributed by atoms with Gasteiger partial charge in [0.25, 0.3) is 0 Å². The molecule has 0 unspecified atom stereocenters. The molecule has 2 rings (SSSR count). The van der Waals surface area contributed by atoms with Crippen molar-refractivity contribution in [1.29, 1.82) is 0 Å². The highest BCUT2D eigenvalue weighted by molar-refractivity contribution is 5.23. The van der Waals surface area contributed by atoms with E-state index in [1.165, 1.54) is 0 Å². The van der Waals surface area contributed by atoms with Gasteiger partial charge in [-0.2, -0.15) is 0 Å². The first kappa shape index (κ1) is 13.4. The number of ether oxygens (including phenoxy) is 1. The van der Waals surface area contributed by atoms with Crippen LogP contribution in [0.2, 0.25) is 0 Å². The van der Waals surface area contributed by atoms with Crippen LogP contribution in [0.15, 0.2) is 18.2 Å². The van der Waals surface area contributed by atoms with Crippen molar-refractivity contribution >= 4 is 0 Å². The molecule has 18 heavy (non-hydrogen) atoms. The second-order valence-corrected chi connectivity index (χ2v) is 4.57. The van der Waals surface area contributed by atoms with Crippen LogP contribution in [0, 0.1) is 11.6 Å². The summed E-state index contributed by atoms with van der Waals surface area (Å²) in [5, 5.41) is 3.24. The molecule has 3 nitrogen and oxygen atoms in total. The normalized spacial score (nSPS) is 28.3. The van der Waals surface area contributed by atoms with Gasteiger partial charge in [0.2, 0.25) is 0 Å². The van der Waals surface area contributed by atoms with Crippen LogP contribution in [0.4, 0.5) is 8.78 Å². The Bertz CT molecular complexity index is 414. The second kappa shape index (κ2) is 5.73. The summed E-state index contributed by atoms with van der Waals surface area (Å²) in [6.45, 7) is 3.30. The first-order valence-electron chi connectivity index (χ1n) is 6.17. The van der Waals surface area contributed by atoms with Crippen LogP contribution in [0.25, 0.3) is 0 Å². The van der Waals surface area contributed by atoms with Crippen molar-refractivity contribution in [3.05, 3.63) is 35.4 Å². The summed E-state index contributed by atoms with van der Waals surface area (Å²) in [6.07, 6.45) is 0.115. The maximum atomic E-state index is 13.7. The lowest BCUT2D eigenvalue weighted by molar-refractivity contribution is -0.0197. The summed E-state index contributed by atoms with van der Waals surface area (Å²) >= 11 is 0. The van der Waals surface area contributed by atoms with Crippen LogP contribution in [-0.4, -0.2) is 25.2 Å². The average Bonchev–Trinajstić information content (AvgIpc) is 2.33. The topological polar surface area (TPSA) is 47.3 Å². The van der Waals surface area contributed by atoms with E-state index in [0.717, 1.165) is 24.7 Å². The molecule has 1 aromatic carbocycles. The molecule has 1 heterocycles. The molecule has 0 aromatic heterocycles. The van der Waals surface area contributed by atoms with Gasteiger partial charge in [-0.1, -0.05) is 6.92 Å². The highest BCUT2D eigenvalue weighted by Gasteiger charge is 2.31. The average molecular weight is 256 g/mol. The molecule has 0 saturated carbocycles. The Balaban J connectivity index is 2.12. The van der Waals surface area contributed by atoms with Gasteiger partial charge in [0.15, 0.2) is 0 Å². The fraction of sp³-hybridized carbons (Fsp3) is 0.538. The second-order valence-electron chi connectivity index (χ2n) is 4.57. The zero-order valence-corrected chi connectivity index (χ0v) is 10.3. The number of halogens is 2. The van der Waals surface area contributed by atoms with Crippen molar-refractivity contribution in [1.82, 2.24) is 5.32 Å². The van der Waals surface area contributed by atoms with Gasteiger partial charge in [-0.15, -0.1) is 0 Å². The molecular weight excluding hydrogens is 238 g/mol. The van der Waals surface area contributed by atoms with E-state index in [4.69, 9.17) is 10.5 Å². The van der Waals surface area contributed by atoms with Crippen molar-refractivity contribution in [3.8, 4) is 0 Å². The van der Waals surface area contributed by atoms with E-state index in [0.29, 0.717) is 13.0 Å². The van der Waals surface area contributed by atoms with E-state index < -0.39 is 17.7 Å². The molecule has 0 amide bonds. The number of hydrogen-bond donors (Lipinski definition) is 2. The first-order valence-corrected chi connectivity index (χ1v) is 6.17. The standard InChI is InChI=1S/C13H18F2N2O/c1-2-17-9-6-12(16)13(18-7-9)10-5-8(14)3-4-11(10)15/h3-5,9,12-13,17H,2,6-7,16H2,1H3/t9-,12+,13-/m1/s1. The molecule has 1 aliphatic rings. The summed E-state index contributed by atoms with van der Waals surface area (Å²) in [7, 11) is 0. The van der Waals surface area contributed by atoms with Gasteiger partial charge in [0.1, 0.15) is 17.7 Å². The number of nitrogens with two attached hydrogens (primary N) is 1. The number of benzene rings is 1. The molecule has 1 aliphatic heterocycles. The Morgan fingerprint density at radius 1 is 1.44 bits per heavy atom. The molecule has 1 saturated heterocycles. The van der Waals surface area contributed by atoms with Crippen molar-refractivity contribution in [2.24, 2.45) is 5.73 Å². The molecule has 3 atom stereocenters. The molecule has 5 heteroatoms. The Morgan fingerprint density at radius 3 is 2.89 bits per heavy atom. The van der Waals surface area contributed by atoms with Gasteiger partial charge >= 0.3 is 0 Å². The van der Waals surface area contributed by atoms with Gasteiger partial charge < -0.3 is 15.8 Å². The minimum Gasteiger partial charge on any atom is -0.370 e. The zero-order valence-electron chi connectivity index (χ0n) is 10.3. The lowest BCUT2D eigenvalue weighted by Gasteiger charge is -2.34. The third kappa shape index (κ3) is 2.85. The number of hydrogen-bond acceptors (Lipinski definition) is 3. The SMILES string of the molecule is CCN[C@H]1CO[C@H](c2cc(F)ccc2F)[C@@H](N)C1. The molecule has 3 N–H and O–H groups in total. The fourth-order valence-electron chi connectivity index (χ4n) is 2.35. The van der Waals surface area contributed by atoms with E-state index in [2.05, 4.69) is 5.32 Å². The number of likely N-dealkylation sites (N-methyl/N-ethyl adjacent to an activating group) is 1. The number of rotatable bonds is 3. The Kier molecular flexibility index (Phi) is 4.27. The highest BCUT2D eigenvalue weighted by atomic mass is 19.1. The van der Waals surface area contributed by atoms with E-state index in [1.54, 1.807) is 0 Å². The predicted molar refractivity (Wildman–Crippen MR) is 65.1 cm³/mol. The van der Waals surface area contributed by atoms with Crippen LogP contribution < -0.4 is 11.1 Å². The predicted octanol–water partition coefficient (Wildman–Crippen LogP) is 1.73. The molecule has 1 fully saturated rings. The summed E-state index contributed by atoms with van der Waals surface area (Å²) in [5.41, 5.74) is 6.20. The van der Waals surface area contributed by atoms with Crippen molar-refractivity contribution in [2.75, 3.05) is 13.2 Å². The quantitative estimate of drug-likeness (QED) is 0.866. The first-order chi connectivity index (χ1) is 8.61. The largest absolute Gasteiger partial charge is 0.370 e. The molecule has 1 aromatic rings. The van der Waals surface area contributed by atoms with Gasteiger partial charge in [-0.3, -0.25) is 0 Å². The molecule has 0 spiro atoms. The van der Waals surface area contributed by atoms with Crippen molar-refractivity contribution in [3.63, 3.8) is 0 Å². The fourth-order valence-corrected chi connectivity index (χ4v) is 2.35. The van der Waals surface area contributed by atoms with E-state index in [1.807, 2.05) is 6.92 Å². The zero-order chi connectivity index (χ0) is 13.1. The number of nitrogens with one attached hydrogen (secondary N) is 1. The maximum Gasteiger partial charge on any atom is 0.129 e. The lowest BCUT2D eigenvalue weighted by Crippen LogP contribution is -2.47. The van der Waals surface area contributed by atoms with Crippen LogP contribution in [0.3, 0.4) is 0 Å². The monoisotopic (exact) mass is 256 g/mol. The van der Waals surface area contributed by atoms with Crippen LogP contribution in [0.1, 0.15) is 25.0 Å². The maximum absolute atomic E-state index is 13.7. The van der Waals surface area contributed by atoms with Crippen molar-refractivity contribution in [2.45, 2.75) is 31.5 Å². The Labute approximate surface area is 105 Å². The lowest BCUT2D eigenvalue weighted by atomic mass is 9.94. The summed E-state index contributed by atoms with van der Waals surface area (Å²) in [6, 6.07) is 3.20. The van der Waals surface area contributed by atoms with E-state index in [-0.39, 0.29) is 17.6 Å². The van der Waals surface area contributed by atoms with E-state index >= 15 is 0 Å². The van der Waals surface area contributed by atoms with Gasteiger partial charge in [0, 0.05) is 17.6 Å². The third-order valence-corrected chi connectivity index (χ3v) is 3.18. The highest BCUT2D eigenvalue weighted by Crippen LogP contribution is 2.29. The van der Waals surface area contributed by atoms with Crippen molar-refractivity contribution < 1.29 is 13.5 Å². The Morgan fingerprint density at radius 2 is 2.22 bits per heavy atom. The van der Waals surface area contributed by atoms with Crippen LogP contribution in [-0.2, 0) is 4.74 Å². The smallest absolute Gasteiger partial charge is 0.129 e. The van der Waals surface area contributed by atoms with Gasteiger partial charge in [-0.25, -0.2) is 8.78 Å². The van der Waals surface area contributed by atoms with Crippen LogP contribution in [0.5, 0.6) is 0 Å². The third-order valence-electron chi connectivity index (χ3n) is 3.18. The minimum absolute atomic E-state index is 0.179. The van der Waals surface area contributed by atoms with Gasteiger partial charge in [-0.05, 0) is 31.2 Å². The van der Waals surface area contributed by atoms with E-state index in [9.17, 15) is 8.78 Å². The molecule has 0 radical (unpaired) electrons.